The molecule has 4 saturated heterocycles. The Bertz CT molecular complexity index is 6000. The van der Waals surface area contributed by atoms with Gasteiger partial charge in [-0.15, -0.1) is 0 Å². The van der Waals surface area contributed by atoms with Gasteiger partial charge in [-0.25, -0.2) is 0 Å². The van der Waals surface area contributed by atoms with Crippen molar-refractivity contribution < 1.29 is 28.6 Å². The number of carbonyl (C=O) groups excluding carboxylic acids is 3. The highest BCUT2D eigenvalue weighted by Crippen LogP contribution is 2.49. The van der Waals surface area contributed by atoms with E-state index in [1.807, 2.05) is 30.3 Å². The van der Waals surface area contributed by atoms with Crippen LogP contribution < -0.4 is 34.6 Å². The van der Waals surface area contributed by atoms with Crippen LogP contribution in [-0.4, -0.2) is 222 Å². The topological polar surface area (TPSA) is 293 Å². The van der Waals surface area contributed by atoms with Crippen molar-refractivity contribution in [3.8, 4) is 47.7 Å². The summed E-state index contributed by atoms with van der Waals surface area (Å²) in [6.07, 6.45) is 14.1. The molecule has 12 heterocycles. The van der Waals surface area contributed by atoms with Crippen molar-refractivity contribution in [2.24, 2.45) is 0 Å². The number of nitrogen functional groups attached to an aromatic ring is 1. The molecule has 2 N–H and O–H groups in total. The summed E-state index contributed by atoms with van der Waals surface area (Å²) in [4.78, 5) is 94.4. The molecule has 4 fully saturated rings. The predicted molar refractivity (Wildman–Crippen MR) is 492 cm³/mol. The predicted octanol–water partition coefficient (Wildman–Crippen LogP) is 12.2. The van der Waals surface area contributed by atoms with Gasteiger partial charge in [0.05, 0.1) is 72.7 Å². The van der Waals surface area contributed by atoms with E-state index >= 15 is 0 Å². The van der Waals surface area contributed by atoms with Crippen LogP contribution in [0.2, 0.25) is 0 Å². The van der Waals surface area contributed by atoms with Crippen LogP contribution in [0.25, 0.3) is 10.8 Å². The normalized spacial score (nSPS) is 22.2. The van der Waals surface area contributed by atoms with Crippen LogP contribution in [0.1, 0.15) is 152 Å². The maximum Gasteiger partial charge on any atom is 0.324 e. The first kappa shape index (κ1) is 85.7. The molecule has 129 heavy (non-hydrogen) atoms. The summed E-state index contributed by atoms with van der Waals surface area (Å²) in [6.45, 7) is 25.7. The number of aromatic nitrogens is 6. The number of likely N-dealkylation sites (tertiary alicyclic amines) is 1. The molecular formula is C101H112N22O6. The highest BCUT2D eigenvalue weighted by molar-refractivity contribution is 5.92. The van der Waals surface area contributed by atoms with Crippen molar-refractivity contribution in [1.29, 1.82) is 15.8 Å². The Labute approximate surface area is 754 Å². The number of benzene rings is 6. The van der Waals surface area contributed by atoms with E-state index in [9.17, 15) is 30.2 Å². The van der Waals surface area contributed by atoms with Crippen LogP contribution in [0.15, 0.2) is 153 Å². The summed E-state index contributed by atoms with van der Waals surface area (Å²) >= 11 is 0. The van der Waals surface area contributed by atoms with Crippen molar-refractivity contribution in [2.75, 3.05) is 127 Å². The molecule has 9 aromatic rings. The second-order valence-corrected chi connectivity index (χ2v) is 36.5. The lowest BCUT2D eigenvalue weighted by Crippen LogP contribution is -2.55. The van der Waals surface area contributed by atoms with Gasteiger partial charge in [-0.3, -0.25) is 29.1 Å². The van der Waals surface area contributed by atoms with Crippen molar-refractivity contribution >= 4 is 51.6 Å². The zero-order valence-electron chi connectivity index (χ0n) is 74.1. The molecule has 3 aliphatic carbocycles. The number of piperazine rings is 3. The quantitative estimate of drug-likeness (QED) is 0.0581. The fourth-order valence-corrected chi connectivity index (χ4v) is 22.1. The van der Waals surface area contributed by atoms with Gasteiger partial charge in [0.1, 0.15) is 35.6 Å². The van der Waals surface area contributed by atoms with E-state index in [0.717, 1.165) is 185 Å². The summed E-state index contributed by atoms with van der Waals surface area (Å²) in [5, 5.41) is 31.4. The SMILES string of the molecule is C=CC(=O)N1CCN(c2nc(OC[C@@H]3CCCN3C)nc3c2CN(C2CCc4ccc(N)cc42)C3)C[C@@H]1CC#N.C=CC(=O)N1CCN(c2nc(Oc3cccc4c3CCN(C)C4)nc3c2CN(C2CCc4ccccc42)C3)C[C@@H]1CC#N.C=CC(=O)N1CCN(c2nc(Oc3cccc4c3CCN(C)C4)nc3c2CN(C2Cc4cccc5cccc2c45)C3)C[C@@H]1CC#N. The van der Waals surface area contributed by atoms with Crippen molar-refractivity contribution in [1.82, 2.24) is 74.0 Å². The number of hydrogen-bond acceptors (Lipinski definition) is 25. The Morgan fingerprint density at radius 2 is 0.876 bits per heavy atom. The molecule has 7 atom stereocenters. The number of ether oxygens (including phenoxy) is 3. The Kier molecular flexibility index (Phi) is 24.7. The fraction of sp³-hybridized carbons (Fsp3) is 0.426. The van der Waals surface area contributed by atoms with E-state index in [4.69, 9.17) is 49.8 Å². The lowest BCUT2D eigenvalue weighted by atomic mass is 9.99. The van der Waals surface area contributed by atoms with Gasteiger partial charge >= 0.3 is 18.0 Å². The maximum atomic E-state index is 12.7. The summed E-state index contributed by atoms with van der Waals surface area (Å²) in [7, 11) is 6.42. The van der Waals surface area contributed by atoms with Crippen molar-refractivity contribution in [3.63, 3.8) is 0 Å². The number of nitriles is 3. The minimum Gasteiger partial charge on any atom is -0.462 e. The number of fused-ring (bicyclic) bond motifs is 7. The van der Waals surface area contributed by atoms with E-state index in [1.165, 1.54) is 91.1 Å². The highest BCUT2D eigenvalue weighted by Gasteiger charge is 2.44. The second-order valence-electron chi connectivity index (χ2n) is 36.5. The van der Waals surface area contributed by atoms with Crippen LogP contribution in [0.3, 0.4) is 0 Å². The van der Waals surface area contributed by atoms with Crippen molar-refractivity contribution in [3.05, 3.63) is 243 Å². The van der Waals surface area contributed by atoms with Crippen LogP contribution in [0, 0.1) is 34.0 Å². The molecule has 0 saturated carbocycles. The molecule has 3 unspecified atom stereocenters. The first-order valence-electron chi connectivity index (χ1n) is 45.8. The summed E-state index contributed by atoms with van der Waals surface area (Å²) in [5.41, 5.74) is 26.6. The minimum atomic E-state index is -0.253. The number of nitrogens with two attached hydrogens (primary N) is 1. The zero-order chi connectivity index (χ0) is 88.7. The van der Waals surface area contributed by atoms with Gasteiger partial charge in [0.2, 0.25) is 17.7 Å². The molecule has 28 nitrogen and oxygen atoms in total. The standard InChI is InChI=1S/C37H37N7O2.C34H37N7O2.C30H38N8O2/c1-3-34(45)44-18-17-42(21-27(44)13-15-38)36-30-22-43(32-19-25-9-4-7-24-8-5-11-29(32)35(24)25)23-31(30)39-37(40-36)46-33-12-6-10-26-20-41(2)16-14-28(26)33;1-3-32(42)41-18-17-39(20-25(41)13-15-35)33-28-21-40(30-12-11-23-7-4-5-9-26(23)30)22-29(28)36-34(37-33)43-31-10-6-8-24-19-38(2)16-14-27(24)31;1-3-28(39)38-14-13-36(16-22(38)10-11-31)29-25-17-37(27-9-7-20-6-8-21(32)15-24(20)27)18-26(25)33-30(34-29)40-19-23-5-4-12-35(23)2/h3-12,27,32H,1,13-14,16-23H2,2H3;3-10,25,30H,1,11-14,16-22H2,2H3;3,6,8,15,22-23,27H,1,4-5,7,9-10,12-14,16-19,32H2,2H3/t27-,32?;25-,30?;22-,23-,27?/m000/s1. The van der Waals surface area contributed by atoms with Gasteiger partial charge in [-0.1, -0.05) is 111 Å². The average molecular weight is 1730 g/mol. The third-order valence-corrected chi connectivity index (χ3v) is 28.7. The first-order valence-corrected chi connectivity index (χ1v) is 45.8. The summed E-state index contributed by atoms with van der Waals surface area (Å²) in [5.74, 6) is 3.78. The molecular weight excluding hydrogens is 1620 g/mol. The molecule has 12 aliphatic rings. The lowest BCUT2D eigenvalue weighted by Gasteiger charge is -2.41. The molecule has 3 aromatic heterocycles. The monoisotopic (exact) mass is 1730 g/mol. The Balaban J connectivity index is 0.000000126. The van der Waals surface area contributed by atoms with Crippen LogP contribution in [-0.2, 0) is 98.8 Å². The second kappa shape index (κ2) is 37.2. The molecule has 0 bridgehead atoms. The number of amides is 3. The smallest absolute Gasteiger partial charge is 0.324 e. The van der Waals surface area contributed by atoms with E-state index in [-0.39, 0.29) is 67.2 Å². The molecule has 21 rings (SSSR count). The highest BCUT2D eigenvalue weighted by atomic mass is 16.5. The zero-order valence-corrected chi connectivity index (χ0v) is 74.1. The number of rotatable bonds is 19. The van der Waals surface area contributed by atoms with Gasteiger partial charge in [-0.05, 0) is 183 Å². The number of nitrogens with zero attached hydrogens (tertiary/aromatic N) is 21. The molecule has 662 valence electrons. The molecule has 3 amide bonds. The Morgan fingerprint density at radius 3 is 1.37 bits per heavy atom. The molecule has 6 aromatic carbocycles. The minimum absolute atomic E-state index is 0.136. The number of anilines is 4. The van der Waals surface area contributed by atoms with Crippen LogP contribution in [0.5, 0.6) is 29.5 Å². The van der Waals surface area contributed by atoms with Gasteiger partial charge in [0.15, 0.2) is 0 Å². The van der Waals surface area contributed by atoms with Crippen molar-refractivity contribution in [2.45, 2.75) is 172 Å². The number of likely N-dealkylation sites (N-methyl/N-ethyl adjacent to an activating group) is 3. The fourth-order valence-electron chi connectivity index (χ4n) is 22.1. The van der Waals surface area contributed by atoms with Gasteiger partial charge in [0, 0.05) is 182 Å². The first-order chi connectivity index (χ1) is 63.0. The molecule has 9 aliphatic heterocycles. The third-order valence-electron chi connectivity index (χ3n) is 28.7. The third kappa shape index (κ3) is 17.3. The summed E-state index contributed by atoms with van der Waals surface area (Å²) < 4.78 is 19.3. The van der Waals surface area contributed by atoms with Gasteiger partial charge in [-0.2, -0.15) is 45.7 Å². The number of carbonyl (C=O) groups is 3. The van der Waals surface area contributed by atoms with E-state index < -0.39 is 0 Å². The average Bonchev–Trinajstić information content (AvgIpc) is 1.60. The molecule has 0 radical (unpaired) electrons. The molecule has 0 spiro atoms. The Morgan fingerprint density at radius 1 is 0.434 bits per heavy atom. The van der Waals surface area contributed by atoms with Crippen LogP contribution >= 0.6 is 0 Å². The van der Waals surface area contributed by atoms with Gasteiger partial charge in [0.25, 0.3) is 0 Å². The van der Waals surface area contributed by atoms with Crippen LogP contribution in [0.4, 0.5) is 23.1 Å². The lowest BCUT2D eigenvalue weighted by molar-refractivity contribution is -0.129. The van der Waals surface area contributed by atoms with Gasteiger partial charge < -0.3 is 64.0 Å². The summed E-state index contributed by atoms with van der Waals surface area (Å²) in [6, 6.07) is 49.2. The Hall–Kier alpha value is -12.7. The van der Waals surface area contributed by atoms with E-state index in [1.54, 1.807) is 14.7 Å². The van der Waals surface area contributed by atoms with E-state index in [0.29, 0.717) is 102 Å². The molecule has 28 heteroatoms. The largest absolute Gasteiger partial charge is 0.462 e. The maximum absolute atomic E-state index is 12.7. The van der Waals surface area contributed by atoms with E-state index in [2.05, 4.69) is 188 Å². The number of hydrogen-bond donors (Lipinski definition) is 1. The number of aryl methyl sites for hydroxylation is 2.